The van der Waals surface area contributed by atoms with Crippen LogP contribution in [0.4, 0.5) is 5.69 Å². The summed E-state index contributed by atoms with van der Waals surface area (Å²) in [5, 5.41) is 6.39. The quantitative estimate of drug-likeness (QED) is 0.445. The van der Waals surface area contributed by atoms with Gasteiger partial charge in [0.15, 0.2) is 16.7 Å². The number of aliphatic imine (C=N–C) groups is 2. The summed E-state index contributed by atoms with van der Waals surface area (Å²) in [7, 11) is 3.17. The topological polar surface area (TPSA) is 122 Å². The van der Waals surface area contributed by atoms with Crippen molar-refractivity contribution in [3.8, 4) is 11.5 Å². The summed E-state index contributed by atoms with van der Waals surface area (Å²) >= 11 is 1.18. The second-order valence-corrected chi connectivity index (χ2v) is 11.2. The molecule has 1 atom stereocenters. The zero-order valence-corrected chi connectivity index (χ0v) is 24.2. The van der Waals surface area contributed by atoms with Gasteiger partial charge >= 0.3 is 0 Å². The molecular formula is C30H35N5O5S. The fourth-order valence-corrected chi connectivity index (χ4v) is 6.14. The monoisotopic (exact) mass is 577 g/mol. The van der Waals surface area contributed by atoms with Crippen molar-refractivity contribution < 1.29 is 23.9 Å². The summed E-state index contributed by atoms with van der Waals surface area (Å²) in [4.78, 5) is 49.8. The predicted octanol–water partition coefficient (Wildman–Crippen LogP) is 3.59. The Morgan fingerprint density at radius 1 is 1.02 bits per heavy atom. The van der Waals surface area contributed by atoms with E-state index in [-0.39, 0.29) is 35.9 Å². The normalized spacial score (nSPS) is 18.1. The summed E-state index contributed by atoms with van der Waals surface area (Å²) in [5.41, 5.74) is 2.42. The van der Waals surface area contributed by atoms with E-state index in [1.807, 2.05) is 42.5 Å². The summed E-state index contributed by atoms with van der Waals surface area (Å²) in [6.45, 7) is 0.442. The second kappa shape index (κ2) is 13.2. The number of ether oxygens (including phenoxy) is 2. The maximum atomic E-state index is 13.5. The number of hydrogen-bond acceptors (Lipinski definition) is 8. The van der Waals surface area contributed by atoms with Crippen LogP contribution >= 0.6 is 11.8 Å². The van der Waals surface area contributed by atoms with Crippen molar-refractivity contribution in [2.45, 2.75) is 57.0 Å². The van der Waals surface area contributed by atoms with Gasteiger partial charge in [-0.2, -0.15) is 0 Å². The Bertz CT molecular complexity index is 1370. The van der Waals surface area contributed by atoms with Gasteiger partial charge < -0.3 is 20.1 Å². The van der Waals surface area contributed by atoms with Gasteiger partial charge in [-0.25, -0.2) is 9.89 Å². The Morgan fingerprint density at radius 2 is 1.80 bits per heavy atom. The number of amides is 3. The fourth-order valence-electron chi connectivity index (χ4n) is 5.30. The van der Waals surface area contributed by atoms with Gasteiger partial charge in [0.1, 0.15) is 11.9 Å². The number of nitrogens with zero attached hydrogens (tertiary/aromatic N) is 3. The molecule has 1 saturated carbocycles. The lowest BCUT2D eigenvalue weighted by molar-refractivity contribution is -0.129. The average Bonchev–Trinajstić information content (AvgIpc) is 3.32. The van der Waals surface area contributed by atoms with Crippen molar-refractivity contribution in [2.24, 2.45) is 9.98 Å². The molecule has 0 saturated heterocycles. The number of para-hydroxylation sites is 1. The van der Waals surface area contributed by atoms with Gasteiger partial charge in [0.05, 0.1) is 32.1 Å². The minimum absolute atomic E-state index is 0.00786. The number of methoxy groups -OCH3 is 2. The summed E-state index contributed by atoms with van der Waals surface area (Å²) in [6, 6.07) is 12.5. The highest BCUT2D eigenvalue weighted by molar-refractivity contribution is 8.14. The van der Waals surface area contributed by atoms with Gasteiger partial charge in [-0.1, -0.05) is 49.2 Å². The molecule has 0 spiro atoms. The van der Waals surface area contributed by atoms with Crippen LogP contribution in [0.3, 0.4) is 0 Å². The van der Waals surface area contributed by atoms with E-state index in [0.717, 1.165) is 36.8 Å². The molecule has 41 heavy (non-hydrogen) atoms. The predicted molar refractivity (Wildman–Crippen MR) is 159 cm³/mol. The number of thioether (sulfide) groups is 1. The molecule has 2 aromatic carbocycles. The molecule has 1 fully saturated rings. The van der Waals surface area contributed by atoms with Crippen molar-refractivity contribution in [1.29, 1.82) is 0 Å². The molecule has 0 radical (unpaired) electrons. The summed E-state index contributed by atoms with van der Waals surface area (Å²) in [6.07, 6.45) is 5.99. The molecule has 0 aromatic heterocycles. The lowest BCUT2D eigenvalue weighted by Crippen LogP contribution is -2.43. The molecular weight excluding hydrogens is 542 g/mol. The lowest BCUT2D eigenvalue weighted by atomic mass is 9.95. The standard InChI is InChI=1S/C30H35N5O5S/c1-39-24-13-12-19(16-25(24)40-2)14-15-31-27(37)18-41-30-34-22-11-7-6-10-21(22)28-33-23(29(38)35(28)30)17-26(36)32-20-8-4-3-5-9-20/h6-7,10-13,16,20,23H,3-5,8-9,14-15,17-18H2,1-2H3,(H,31,37)(H,32,36)/t23-/m0/s1. The lowest BCUT2D eigenvalue weighted by Gasteiger charge is -2.25. The molecule has 11 heteroatoms. The number of benzene rings is 2. The van der Waals surface area contributed by atoms with Gasteiger partial charge in [-0.15, -0.1) is 0 Å². The Balaban J connectivity index is 1.19. The van der Waals surface area contributed by atoms with Gasteiger partial charge in [0, 0.05) is 18.2 Å². The first kappa shape index (κ1) is 28.7. The minimum atomic E-state index is -0.819. The molecule has 2 N–H and O–H groups in total. The fraction of sp³-hybridized carbons (Fsp3) is 0.433. The number of hydrogen-bond donors (Lipinski definition) is 2. The molecule has 216 valence electrons. The zero-order chi connectivity index (χ0) is 28.8. The Labute approximate surface area is 244 Å². The van der Waals surface area contributed by atoms with Crippen LogP contribution in [-0.4, -0.2) is 72.2 Å². The van der Waals surface area contributed by atoms with Crippen LogP contribution in [0.15, 0.2) is 52.4 Å². The van der Waals surface area contributed by atoms with E-state index in [4.69, 9.17) is 9.47 Å². The third-order valence-corrected chi connectivity index (χ3v) is 8.35. The first-order valence-electron chi connectivity index (χ1n) is 14.0. The van der Waals surface area contributed by atoms with Crippen LogP contribution in [0.25, 0.3) is 0 Å². The van der Waals surface area contributed by atoms with Crippen LogP contribution in [-0.2, 0) is 20.8 Å². The van der Waals surface area contributed by atoms with Gasteiger partial charge in [-0.05, 0) is 49.1 Å². The van der Waals surface area contributed by atoms with Gasteiger partial charge in [-0.3, -0.25) is 19.4 Å². The Morgan fingerprint density at radius 3 is 2.59 bits per heavy atom. The Hall–Kier alpha value is -3.86. The van der Waals surface area contributed by atoms with E-state index in [9.17, 15) is 14.4 Å². The van der Waals surface area contributed by atoms with Crippen molar-refractivity contribution >= 4 is 46.2 Å². The highest BCUT2D eigenvalue weighted by Crippen LogP contribution is 2.34. The number of amidine groups is 2. The molecule has 3 aliphatic rings. The first-order chi connectivity index (χ1) is 20.0. The maximum Gasteiger partial charge on any atom is 0.259 e. The molecule has 1 aliphatic carbocycles. The molecule has 2 aliphatic heterocycles. The smallest absolute Gasteiger partial charge is 0.259 e. The van der Waals surface area contributed by atoms with Crippen LogP contribution in [0, 0.1) is 0 Å². The van der Waals surface area contributed by atoms with E-state index >= 15 is 0 Å². The zero-order valence-electron chi connectivity index (χ0n) is 23.4. The van der Waals surface area contributed by atoms with Gasteiger partial charge in [0.2, 0.25) is 11.8 Å². The molecule has 2 aromatic rings. The molecule has 3 amide bonds. The first-order valence-corrected chi connectivity index (χ1v) is 14.9. The molecule has 0 bridgehead atoms. The molecule has 10 nitrogen and oxygen atoms in total. The van der Waals surface area contributed by atoms with E-state index in [1.165, 1.54) is 23.1 Å². The van der Waals surface area contributed by atoms with Crippen molar-refractivity contribution in [2.75, 3.05) is 26.5 Å². The Kier molecular flexibility index (Phi) is 9.23. The maximum absolute atomic E-state index is 13.5. The molecule has 0 unspecified atom stereocenters. The molecule has 5 rings (SSSR count). The SMILES string of the molecule is COc1ccc(CCNC(=O)CSC2=Nc3ccccc3C3=N[C@@H](CC(=O)NC4CCCCC4)C(=O)N23)cc1OC. The van der Waals surface area contributed by atoms with Crippen molar-refractivity contribution in [3.63, 3.8) is 0 Å². The summed E-state index contributed by atoms with van der Waals surface area (Å²) in [5.74, 6) is 1.22. The number of fused-ring (bicyclic) bond motifs is 3. The van der Waals surface area contributed by atoms with E-state index in [0.29, 0.717) is 41.2 Å². The van der Waals surface area contributed by atoms with Crippen molar-refractivity contribution in [1.82, 2.24) is 15.5 Å². The van der Waals surface area contributed by atoms with Crippen LogP contribution in [0.5, 0.6) is 11.5 Å². The highest BCUT2D eigenvalue weighted by atomic mass is 32.2. The number of carbonyl (C=O) groups is 3. The van der Waals surface area contributed by atoms with E-state index in [1.54, 1.807) is 14.2 Å². The van der Waals surface area contributed by atoms with Crippen LogP contribution < -0.4 is 20.1 Å². The van der Waals surface area contributed by atoms with Crippen LogP contribution in [0.1, 0.15) is 49.7 Å². The largest absolute Gasteiger partial charge is 0.493 e. The number of carbonyl (C=O) groups excluding carboxylic acids is 3. The van der Waals surface area contributed by atoms with Gasteiger partial charge in [0.25, 0.3) is 5.91 Å². The van der Waals surface area contributed by atoms with E-state index < -0.39 is 6.04 Å². The average molecular weight is 578 g/mol. The number of rotatable bonds is 10. The minimum Gasteiger partial charge on any atom is -0.493 e. The third-order valence-electron chi connectivity index (χ3n) is 7.41. The number of nitrogens with one attached hydrogen (secondary N) is 2. The molecule has 2 heterocycles. The third kappa shape index (κ3) is 6.73. The van der Waals surface area contributed by atoms with Crippen molar-refractivity contribution in [3.05, 3.63) is 53.6 Å². The van der Waals surface area contributed by atoms with E-state index in [2.05, 4.69) is 20.6 Å². The highest BCUT2D eigenvalue weighted by Gasteiger charge is 2.42. The van der Waals surface area contributed by atoms with Crippen LogP contribution in [0.2, 0.25) is 0 Å². The second-order valence-electron chi connectivity index (χ2n) is 10.2. The summed E-state index contributed by atoms with van der Waals surface area (Å²) < 4.78 is 10.6.